The van der Waals surface area contributed by atoms with Crippen LogP contribution in [0.3, 0.4) is 0 Å². The molecule has 0 saturated carbocycles. The van der Waals surface area contributed by atoms with E-state index in [0.717, 1.165) is 44.8 Å². The minimum atomic E-state index is 0. The first-order valence-electron chi connectivity index (χ1n) is 7.85. The number of rotatable bonds is 0. The summed E-state index contributed by atoms with van der Waals surface area (Å²) in [6.45, 7) is 0. The van der Waals surface area contributed by atoms with Crippen LogP contribution in [-0.2, 0) is 16.8 Å². The maximum atomic E-state index is 4.62. The molecule has 10 N–H and O–H groups in total. The molecule has 3 aromatic heterocycles. The van der Waals surface area contributed by atoms with Gasteiger partial charge in [-0.2, -0.15) is 0 Å². The smallest absolute Gasteiger partial charge is 0.0659 e. The standard InChI is InChI=1S/C20H14N4.Co.4H2N/c1-2-14-10-16-5-6-18(23-16)12-20-8-7-19(24-20)11-17-4-3-15(22-17)9-13(1)21-14;;;;;/h1-12,21-22H;;4*1H2/q;;4*-1. The van der Waals surface area contributed by atoms with E-state index in [1.165, 1.54) is 0 Å². The fraction of sp³-hybridized carbons (Fsp3) is 0. The Kier molecular flexibility index (Phi) is 9.38. The zero-order valence-corrected chi connectivity index (χ0v) is 16.5. The van der Waals surface area contributed by atoms with E-state index in [1.807, 2.05) is 42.5 Å². The van der Waals surface area contributed by atoms with Gasteiger partial charge >= 0.3 is 0 Å². The first kappa shape index (κ1) is 25.9. The summed E-state index contributed by atoms with van der Waals surface area (Å²) in [4.78, 5) is 16.0. The second kappa shape index (κ2) is 10.5. The van der Waals surface area contributed by atoms with Crippen molar-refractivity contribution in [2.45, 2.75) is 0 Å². The molecule has 5 heterocycles. The zero-order valence-electron chi connectivity index (χ0n) is 15.5. The fourth-order valence-electron chi connectivity index (χ4n) is 2.94. The van der Waals surface area contributed by atoms with E-state index in [-0.39, 0.29) is 41.4 Å². The Hall–Kier alpha value is -3.05. The summed E-state index contributed by atoms with van der Waals surface area (Å²) in [5.41, 5.74) is 7.86. The van der Waals surface area contributed by atoms with Crippen LogP contribution in [0.1, 0.15) is 22.8 Å². The molecule has 0 spiro atoms. The van der Waals surface area contributed by atoms with Gasteiger partial charge in [0, 0.05) is 38.8 Å². The second-order valence-electron chi connectivity index (χ2n) is 5.91. The Labute approximate surface area is 179 Å². The minimum Gasteiger partial charge on any atom is -0.693 e. The van der Waals surface area contributed by atoms with E-state index < -0.39 is 0 Å². The van der Waals surface area contributed by atoms with Gasteiger partial charge in [0.15, 0.2) is 0 Å². The number of hydrogen-bond donors (Lipinski definition) is 2. The van der Waals surface area contributed by atoms with Gasteiger partial charge in [-0.05, 0) is 72.8 Å². The van der Waals surface area contributed by atoms with Crippen LogP contribution in [0.25, 0.3) is 71.0 Å². The van der Waals surface area contributed by atoms with Crippen molar-refractivity contribution in [3.63, 3.8) is 0 Å². The number of fused-ring (bicyclic) bond motifs is 8. The molecule has 0 aliphatic carbocycles. The van der Waals surface area contributed by atoms with Crippen LogP contribution in [0.4, 0.5) is 0 Å². The number of nitrogens with zero attached hydrogens (tertiary/aromatic N) is 2. The van der Waals surface area contributed by atoms with E-state index >= 15 is 0 Å². The van der Waals surface area contributed by atoms with Gasteiger partial charge in [0.05, 0.1) is 22.8 Å². The van der Waals surface area contributed by atoms with Crippen LogP contribution in [0.2, 0.25) is 0 Å². The van der Waals surface area contributed by atoms with Gasteiger partial charge < -0.3 is 34.6 Å². The average molecular weight is 433 g/mol. The van der Waals surface area contributed by atoms with Crippen molar-refractivity contribution in [2.75, 3.05) is 0 Å². The van der Waals surface area contributed by atoms with Crippen molar-refractivity contribution in [1.29, 1.82) is 0 Å². The predicted molar refractivity (Wildman–Crippen MR) is 120 cm³/mol. The molecule has 3 aromatic rings. The van der Waals surface area contributed by atoms with Crippen molar-refractivity contribution in [3.05, 3.63) is 95.9 Å². The minimum absolute atomic E-state index is 0. The maximum Gasteiger partial charge on any atom is 0.0659 e. The topological polar surface area (TPSA) is 191 Å². The third-order valence-corrected chi connectivity index (χ3v) is 4.04. The third-order valence-electron chi connectivity index (χ3n) is 4.04. The van der Waals surface area contributed by atoms with Crippen molar-refractivity contribution in [2.24, 2.45) is 0 Å². The molecular weight excluding hydrogens is 411 g/mol. The summed E-state index contributed by atoms with van der Waals surface area (Å²) >= 11 is 0. The maximum absolute atomic E-state index is 4.62. The van der Waals surface area contributed by atoms with Crippen molar-refractivity contribution >= 4 is 46.4 Å². The Balaban J connectivity index is 0.00000157. The number of hydrogen-bond acceptors (Lipinski definition) is 2. The summed E-state index contributed by atoms with van der Waals surface area (Å²) in [5.74, 6) is 0. The SMILES string of the molecule is C1=Cc2cc3ccc(cc4ccc(cc5nc(cc1n2)C=C5)[nH]4)[nH]3.[Co].[NH2-].[NH2-].[NH2-].[NH2-]. The molecule has 5 rings (SSSR count). The molecule has 155 valence electrons. The summed E-state index contributed by atoms with van der Waals surface area (Å²) in [7, 11) is 0. The first-order valence-corrected chi connectivity index (χ1v) is 7.85. The molecule has 1 radical (unpaired) electrons. The second-order valence-corrected chi connectivity index (χ2v) is 5.91. The van der Waals surface area contributed by atoms with Crippen LogP contribution in [-0.4, -0.2) is 19.9 Å². The molecule has 0 atom stereocenters. The molecule has 9 heteroatoms. The summed E-state index contributed by atoms with van der Waals surface area (Å²) < 4.78 is 0. The summed E-state index contributed by atoms with van der Waals surface area (Å²) in [6.07, 6.45) is 8.05. The van der Waals surface area contributed by atoms with Gasteiger partial charge in [0.1, 0.15) is 0 Å². The quantitative estimate of drug-likeness (QED) is 0.255. The molecular formula is C20H22CoN8-4. The molecule has 8 nitrogen and oxygen atoms in total. The predicted octanol–water partition coefficient (Wildman–Crippen LogP) is 7.52. The Morgan fingerprint density at radius 2 is 0.759 bits per heavy atom. The normalized spacial score (nSPS) is 10.5. The first-order chi connectivity index (χ1) is 11.8. The van der Waals surface area contributed by atoms with Gasteiger partial charge in [-0.15, -0.1) is 0 Å². The summed E-state index contributed by atoms with van der Waals surface area (Å²) in [5, 5.41) is 0. The molecule has 29 heavy (non-hydrogen) atoms. The molecule has 2 aliphatic rings. The fourth-order valence-corrected chi connectivity index (χ4v) is 2.94. The van der Waals surface area contributed by atoms with E-state index in [9.17, 15) is 0 Å². The van der Waals surface area contributed by atoms with Gasteiger partial charge in [-0.3, -0.25) is 0 Å². The molecule has 0 fully saturated rings. The number of H-pyrrole nitrogens is 2. The van der Waals surface area contributed by atoms with Gasteiger partial charge in [0.25, 0.3) is 0 Å². The monoisotopic (exact) mass is 433 g/mol. The molecule has 0 amide bonds. The van der Waals surface area contributed by atoms with Crippen LogP contribution < -0.4 is 0 Å². The van der Waals surface area contributed by atoms with Crippen molar-refractivity contribution < 1.29 is 16.8 Å². The van der Waals surface area contributed by atoms with Crippen LogP contribution in [0, 0.1) is 0 Å². The molecule has 2 aliphatic heterocycles. The van der Waals surface area contributed by atoms with Gasteiger partial charge in [0.2, 0.25) is 0 Å². The zero-order chi connectivity index (χ0) is 15.9. The Morgan fingerprint density at radius 3 is 1.14 bits per heavy atom. The molecule has 0 saturated heterocycles. The molecule has 8 bridgehead atoms. The average Bonchev–Trinajstić information content (AvgIpc) is 3.32. The number of nitrogens with one attached hydrogen (secondary N) is 2. The van der Waals surface area contributed by atoms with Gasteiger partial charge in [-0.1, -0.05) is 0 Å². The van der Waals surface area contributed by atoms with E-state index in [0.29, 0.717) is 0 Å². The summed E-state index contributed by atoms with van der Waals surface area (Å²) in [6, 6.07) is 16.4. The van der Waals surface area contributed by atoms with Crippen LogP contribution in [0.15, 0.2) is 48.5 Å². The molecule has 0 aromatic carbocycles. The molecule has 0 unspecified atom stereocenters. The number of aromatic amines is 2. The van der Waals surface area contributed by atoms with Gasteiger partial charge in [-0.25, -0.2) is 9.97 Å². The largest absolute Gasteiger partial charge is 0.693 e. The van der Waals surface area contributed by atoms with Crippen LogP contribution in [0.5, 0.6) is 0 Å². The third kappa shape index (κ3) is 5.48. The van der Waals surface area contributed by atoms with Crippen molar-refractivity contribution in [3.8, 4) is 0 Å². The van der Waals surface area contributed by atoms with E-state index in [4.69, 9.17) is 0 Å². The number of nitrogens with two attached hydrogens (primary N) is 4. The van der Waals surface area contributed by atoms with E-state index in [2.05, 4.69) is 50.3 Å². The van der Waals surface area contributed by atoms with E-state index in [1.54, 1.807) is 0 Å². The van der Waals surface area contributed by atoms with Crippen LogP contribution >= 0.6 is 0 Å². The van der Waals surface area contributed by atoms with Crippen molar-refractivity contribution in [1.82, 2.24) is 19.9 Å². The Bertz CT molecular complexity index is 1080. The Morgan fingerprint density at radius 1 is 0.448 bits per heavy atom. The number of aromatic nitrogens is 4.